The molecule has 1 aromatic heterocycles. The fourth-order valence-electron chi connectivity index (χ4n) is 3.69. The number of urea groups is 1. The Balaban J connectivity index is 1.32. The van der Waals surface area contributed by atoms with Crippen LogP contribution in [0.15, 0.2) is 29.6 Å². The molecule has 1 atom stereocenters. The van der Waals surface area contributed by atoms with Crippen LogP contribution in [0.3, 0.4) is 0 Å². The summed E-state index contributed by atoms with van der Waals surface area (Å²) in [6, 6.07) is 8.41. The number of fused-ring (bicyclic) bond motifs is 1. The first kappa shape index (κ1) is 17.0. The van der Waals surface area contributed by atoms with E-state index in [2.05, 4.69) is 39.9 Å². The minimum Gasteiger partial charge on any atom is -0.355 e. The highest BCUT2D eigenvalue weighted by molar-refractivity contribution is 7.14. The van der Waals surface area contributed by atoms with E-state index in [1.807, 2.05) is 5.38 Å². The summed E-state index contributed by atoms with van der Waals surface area (Å²) in [6.45, 7) is 1.93. The Kier molecular flexibility index (Phi) is 4.88. The van der Waals surface area contributed by atoms with E-state index < -0.39 is 0 Å². The summed E-state index contributed by atoms with van der Waals surface area (Å²) in [4.78, 5) is 30.1. The molecule has 4 rings (SSSR count). The average Bonchev–Trinajstić information content (AvgIpc) is 3.28. The zero-order valence-corrected chi connectivity index (χ0v) is 15.3. The second kappa shape index (κ2) is 7.45. The van der Waals surface area contributed by atoms with Gasteiger partial charge in [0.1, 0.15) is 0 Å². The van der Waals surface area contributed by atoms with Gasteiger partial charge in [0.25, 0.3) is 0 Å². The van der Waals surface area contributed by atoms with E-state index in [1.165, 1.54) is 28.9 Å². The predicted molar refractivity (Wildman–Crippen MR) is 102 cm³/mol. The average molecular weight is 370 g/mol. The zero-order chi connectivity index (χ0) is 17.9. The number of benzene rings is 1. The van der Waals surface area contributed by atoms with Crippen LogP contribution in [0.2, 0.25) is 0 Å². The SMILES string of the molecule is O=C(Cc1csc(N2CCNC2=O)n1)NC[C@@H]1CCCc2ccccc21. The molecule has 7 heteroatoms. The maximum atomic E-state index is 12.3. The molecule has 0 radical (unpaired) electrons. The van der Waals surface area contributed by atoms with E-state index >= 15 is 0 Å². The fraction of sp³-hybridized carbons (Fsp3) is 0.421. The predicted octanol–water partition coefficient (Wildman–Crippen LogP) is 2.45. The normalized spacial score (nSPS) is 19.2. The molecular formula is C19H22N4O2S. The molecule has 2 N–H and O–H groups in total. The van der Waals surface area contributed by atoms with Gasteiger partial charge in [0.15, 0.2) is 5.13 Å². The Labute approximate surface area is 156 Å². The van der Waals surface area contributed by atoms with Crippen LogP contribution < -0.4 is 15.5 Å². The lowest BCUT2D eigenvalue weighted by atomic mass is 9.83. The largest absolute Gasteiger partial charge is 0.355 e. The summed E-state index contributed by atoms with van der Waals surface area (Å²) in [6.07, 6.45) is 3.67. The van der Waals surface area contributed by atoms with Crippen molar-refractivity contribution in [1.82, 2.24) is 15.6 Å². The second-order valence-corrected chi connectivity index (χ2v) is 7.61. The molecule has 1 aromatic carbocycles. The highest BCUT2D eigenvalue weighted by Crippen LogP contribution is 2.30. The fourth-order valence-corrected chi connectivity index (χ4v) is 4.54. The molecule has 2 aromatic rings. The van der Waals surface area contributed by atoms with Gasteiger partial charge in [-0.3, -0.25) is 9.69 Å². The van der Waals surface area contributed by atoms with Gasteiger partial charge >= 0.3 is 6.03 Å². The number of hydrogen-bond donors (Lipinski definition) is 2. The molecule has 2 aliphatic rings. The van der Waals surface area contributed by atoms with E-state index in [0.717, 1.165) is 12.8 Å². The monoisotopic (exact) mass is 370 g/mol. The molecule has 6 nitrogen and oxygen atoms in total. The molecule has 26 heavy (non-hydrogen) atoms. The number of nitrogens with zero attached hydrogens (tertiary/aromatic N) is 2. The molecule has 0 unspecified atom stereocenters. The number of aryl methyl sites for hydroxylation is 1. The van der Waals surface area contributed by atoms with Crippen molar-refractivity contribution < 1.29 is 9.59 Å². The number of nitrogens with one attached hydrogen (secondary N) is 2. The van der Waals surface area contributed by atoms with Crippen molar-refractivity contribution in [3.63, 3.8) is 0 Å². The van der Waals surface area contributed by atoms with Gasteiger partial charge in [0, 0.05) is 30.9 Å². The highest BCUT2D eigenvalue weighted by atomic mass is 32.1. The molecule has 3 amide bonds. The van der Waals surface area contributed by atoms with Crippen LogP contribution in [-0.2, 0) is 17.6 Å². The maximum Gasteiger partial charge on any atom is 0.323 e. The number of hydrogen-bond acceptors (Lipinski definition) is 4. The van der Waals surface area contributed by atoms with Crippen molar-refractivity contribution in [2.24, 2.45) is 0 Å². The zero-order valence-electron chi connectivity index (χ0n) is 14.5. The molecule has 136 valence electrons. The lowest BCUT2D eigenvalue weighted by molar-refractivity contribution is -0.120. The number of carbonyl (C=O) groups is 2. The smallest absolute Gasteiger partial charge is 0.323 e. The summed E-state index contributed by atoms with van der Waals surface area (Å²) < 4.78 is 0. The van der Waals surface area contributed by atoms with Crippen LogP contribution in [0.4, 0.5) is 9.93 Å². The van der Waals surface area contributed by atoms with Crippen LogP contribution in [0, 0.1) is 0 Å². The summed E-state index contributed by atoms with van der Waals surface area (Å²) in [7, 11) is 0. The first-order valence-corrected chi connectivity index (χ1v) is 9.93. The Morgan fingerprint density at radius 2 is 2.27 bits per heavy atom. The third kappa shape index (κ3) is 3.58. The van der Waals surface area contributed by atoms with Gasteiger partial charge in [-0.05, 0) is 30.4 Å². The van der Waals surface area contributed by atoms with Gasteiger partial charge in [-0.25, -0.2) is 9.78 Å². The summed E-state index contributed by atoms with van der Waals surface area (Å²) in [5, 5.41) is 8.33. The number of carbonyl (C=O) groups excluding carboxylic acids is 2. The van der Waals surface area contributed by atoms with Crippen molar-refractivity contribution in [3.05, 3.63) is 46.5 Å². The minimum atomic E-state index is -0.119. The van der Waals surface area contributed by atoms with E-state index in [4.69, 9.17) is 0 Å². The number of anilines is 1. The van der Waals surface area contributed by atoms with Crippen molar-refractivity contribution in [2.45, 2.75) is 31.6 Å². The van der Waals surface area contributed by atoms with Gasteiger partial charge in [-0.1, -0.05) is 24.3 Å². The lowest BCUT2D eigenvalue weighted by Crippen LogP contribution is -2.31. The van der Waals surface area contributed by atoms with E-state index in [-0.39, 0.29) is 18.4 Å². The van der Waals surface area contributed by atoms with Gasteiger partial charge in [0.2, 0.25) is 5.91 Å². The molecule has 0 spiro atoms. The van der Waals surface area contributed by atoms with E-state index in [0.29, 0.717) is 36.4 Å². The van der Waals surface area contributed by atoms with Crippen molar-refractivity contribution in [3.8, 4) is 0 Å². The number of amides is 3. The summed E-state index contributed by atoms with van der Waals surface area (Å²) in [5.74, 6) is 0.374. The van der Waals surface area contributed by atoms with Gasteiger partial charge < -0.3 is 10.6 Å². The first-order chi connectivity index (χ1) is 12.7. The molecule has 0 saturated carbocycles. The standard InChI is InChI=1S/C19H22N4O2S/c24-17(10-15-12-26-19(22-15)23-9-8-20-18(23)25)21-11-14-6-3-5-13-4-1-2-7-16(13)14/h1-2,4,7,12,14H,3,5-6,8-11H2,(H,20,25)(H,21,24)/t14-/m0/s1. The van der Waals surface area contributed by atoms with Gasteiger partial charge in [-0.15, -0.1) is 11.3 Å². The topological polar surface area (TPSA) is 74.3 Å². The maximum absolute atomic E-state index is 12.3. The summed E-state index contributed by atoms with van der Waals surface area (Å²) in [5.41, 5.74) is 3.49. The Bertz CT molecular complexity index is 819. The Hall–Kier alpha value is -2.41. The molecule has 1 fully saturated rings. The third-order valence-electron chi connectivity index (χ3n) is 5.01. The number of aromatic nitrogens is 1. The molecular weight excluding hydrogens is 348 g/mol. The highest BCUT2D eigenvalue weighted by Gasteiger charge is 2.24. The molecule has 1 aliphatic carbocycles. The van der Waals surface area contributed by atoms with Crippen LogP contribution in [-0.4, -0.2) is 36.6 Å². The third-order valence-corrected chi connectivity index (χ3v) is 5.92. The summed E-state index contributed by atoms with van der Waals surface area (Å²) >= 11 is 1.40. The Morgan fingerprint density at radius 3 is 3.12 bits per heavy atom. The molecule has 2 heterocycles. The first-order valence-electron chi connectivity index (χ1n) is 9.05. The van der Waals surface area contributed by atoms with Crippen molar-refractivity contribution in [1.29, 1.82) is 0 Å². The van der Waals surface area contributed by atoms with Gasteiger partial charge in [0.05, 0.1) is 12.1 Å². The number of thiazole rings is 1. The molecule has 0 bridgehead atoms. The van der Waals surface area contributed by atoms with Crippen molar-refractivity contribution >= 4 is 28.4 Å². The van der Waals surface area contributed by atoms with Crippen molar-refractivity contribution in [2.75, 3.05) is 24.5 Å². The van der Waals surface area contributed by atoms with Gasteiger partial charge in [-0.2, -0.15) is 0 Å². The van der Waals surface area contributed by atoms with E-state index in [9.17, 15) is 9.59 Å². The van der Waals surface area contributed by atoms with Crippen LogP contribution in [0.5, 0.6) is 0 Å². The second-order valence-electron chi connectivity index (χ2n) is 6.77. The molecule has 1 saturated heterocycles. The van der Waals surface area contributed by atoms with Crippen LogP contribution in [0.1, 0.15) is 35.6 Å². The van der Waals surface area contributed by atoms with Crippen LogP contribution >= 0.6 is 11.3 Å². The van der Waals surface area contributed by atoms with E-state index in [1.54, 1.807) is 4.90 Å². The minimum absolute atomic E-state index is 0.0178. The quantitative estimate of drug-likeness (QED) is 0.849. The lowest BCUT2D eigenvalue weighted by Gasteiger charge is -2.25. The molecule has 1 aliphatic heterocycles. The Morgan fingerprint density at radius 1 is 1.38 bits per heavy atom. The van der Waals surface area contributed by atoms with Crippen LogP contribution in [0.25, 0.3) is 0 Å². The number of rotatable bonds is 5.